The summed E-state index contributed by atoms with van der Waals surface area (Å²) in [6, 6.07) is 7.64. The molecule has 126 valence electrons. The van der Waals surface area contributed by atoms with E-state index in [0.29, 0.717) is 17.9 Å². The highest BCUT2D eigenvalue weighted by Crippen LogP contribution is 2.26. The molecule has 1 aliphatic carbocycles. The molecule has 1 saturated carbocycles. The zero-order chi connectivity index (χ0) is 17.4. The second-order valence-electron chi connectivity index (χ2n) is 5.76. The van der Waals surface area contributed by atoms with Crippen molar-refractivity contribution >= 4 is 27.9 Å². The molecule has 0 aromatic heterocycles. The second-order valence-corrected chi connectivity index (χ2v) is 6.68. The summed E-state index contributed by atoms with van der Waals surface area (Å²) >= 11 is 3.40. The fraction of sp³-hybridized carbons (Fsp3) is 0.368. The number of carbonyl (C=O) groups is 1. The minimum absolute atomic E-state index is 0.0853. The number of hydrogen-bond donors (Lipinski definition) is 1. The summed E-state index contributed by atoms with van der Waals surface area (Å²) in [5.74, 6) is 0.287. The SMILES string of the molecule is C=CCOc1ccc(Br)cc1/C=C(\C#N)C(=O)NC1CCCCC1. The average Bonchev–Trinajstić information content (AvgIpc) is 2.59. The lowest BCUT2D eigenvalue weighted by Gasteiger charge is -2.22. The molecule has 0 unspecified atom stereocenters. The molecule has 24 heavy (non-hydrogen) atoms. The molecular formula is C19H21BrN2O2. The lowest BCUT2D eigenvalue weighted by Crippen LogP contribution is -2.36. The van der Waals surface area contributed by atoms with Gasteiger partial charge in [0.15, 0.2) is 0 Å². The maximum atomic E-state index is 12.4. The fourth-order valence-electron chi connectivity index (χ4n) is 2.73. The van der Waals surface area contributed by atoms with E-state index in [9.17, 15) is 10.1 Å². The average molecular weight is 389 g/mol. The number of carbonyl (C=O) groups excluding carboxylic acids is 1. The number of rotatable bonds is 6. The zero-order valence-electron chi connectivity index (χ0n) is 13.6. The first-order valence-corrected chi connectivity index (χ1v) is 8.89. The van der Waals surface area contributed by atoms with Crippen LogP contribution in [0.3, 0.4) is 0 Å². The Morgan fingerprint density at radius 3 is 2.83 bits per heavy atom. The highest BCUT2D eigenvalue weighted by molar-refractivity contribution is 9.10. The summed E-state index contributed by atoms with van der Waals surface area (Å²) in [7, 11) is 0. The normalized spacial score (nSPS) is 15.4. The maximum absolute atomic E-state index is 12.4. The highest BCUT2D eigenvalue weighted by atomic mass is 79.9. The first-order valence-electron chi connectivity index (χ1n) is 8.10. The smallest absolute Gasteiger partial charge is 0.262 e. The Balaban J connectivity index is 2.19. The molecule has 1 aromatic rings. The second kappa shape index (κ2) is 9.29. The van der Waals surface area contributed by atoms with Crippen LogP contribution in [0.15, 0.2) is 40.9 Å². The van der Waals surface area contributed by atoms with Gasteiger partial charge in [-0.1, -0.05) is 47.8 Å². The lowest BCUT2D eigenvalue weighted by molar-refractivity contribution is -0.117. The summed E-state index contributed by atoms with van der Waals surface area (Å²) < 4.78 is 6.44. The molecule has 0 spiro atoms. The van der Waals surface area contributed by atoms with Gasteiger partial charge in [0.05, 0.1) is 0 Å². The largest absolute Gasteiger partial charge is 0.489 e. The summed E-state index contributed by atoms with van der Waals surface area (Å²) in [5, 5.41) is 12.3. The van der Waals surface area contributed by atoms with Gasteiger partial charge in [-0.15, -0.1) is 0 Å². The summed E-state index contributed by atoms with van der Waals surface area (Å²) in [5.41, 5.74) is 0.767. The monoisotopic (exact) mass is 388 g/mol. The topological polar surface area (TPSA) is 62.1 Å². The minimum Gasteiger partial charge on any atom is -0.489 e. The predicted octanol–water partition coefficient (Wildman–Crippen LogP) is 4.37. The van der Waals surface area contributed by atoms with E-state index in [-0.39, 0.29) is 17.5 Å². The van der Waals surface area contributed by atoms with Gasteiger partial charge in [0.2, 0.25) is 0 Å². The van der Waals surface area contributed by atoms with Gasteiger partial charge in [-0.25, -0.2) is 0 Å². The van der Waals surface area contributed by atoms with Gasteiger partial charge in [-0.3, -0.25) is 4.79 Å². The fourth-order valence-corrected chi connectivity index (χ4v) is 3.11. The lowest BCUT2D eigenvalue weighted by atomic mass is 9.95. The highest BCUT2D eigenvalue weighted by Gasteiger charge is 2.18. The number of halogens is 1. The Hall–Kier alpha value is -2.06. The first-order chi connectivity index (χ1) is 11.6. The van der Waals surface area contributed by atoms with E-state index < -0.39 is 0 Å². The van der Waals surface area contributed by atoms with Crippen molar-refractivity contribution in [3.05, 3.63) is 46.5 Å². The molecule has 4 nitrogen and oxygen atoms in total. The van der Waals surface area contributed by atoms with E-state index in [4.69, 9.17) is 4.74 Å². The maximum Gasteiger partial charge on any atom is 0.262 e. The molecule has 2 rings (SSSR count). The number of benzene rings is 1. The Morgan fingerprint density at radius 2 is 2.17 bits per heavy atom. The minimum atomic E-state index is -0.320. The van der Waals surface area contributed by atoms with E-state index in [1.807, 2.05) is 18.2 Å². The molecule has 0 radical (unpaired) electrons. The Morgan fingerprint density at radius 1 is 1.42 bits per heavy atom. The van der Waals surface area contributed by atoms with Crippen LogP contribution in [-0.2, 0) is 4.79 Å². The Bertz CT molecular complexity index is 670. The third-order valence-electron chi connectivity index (χ3n) is 3.93. The van der Waals surface area contributed by atoms with Gasteiger partial charge in [0.1, 0.15) is 24.0 Å². The summed E-state index contributed by atoms with van der Waals surface area (Å²) in [4.78, 5) is 12.4. The molecule has 0 heterocycles. The van der Waals surface area contributed by atoms with Crippen molar-refractivity contribution in [2.45, 2.75) is 38.1 Å². The van der Waals surface area contributed by atoms with E-state index in [1.54, 1.807) is 18.2 Å². The van der Waals surface area contributed by atoms with Crippen molar-refractivity contribution in [2.24, 2.45) is 0 Å². The van der Waals surface area contributed by atoms with Crippen LogP contribution >= 0.6 is 15.9 Å². The number of hydrogen-bond acceptors (Lipinski definition) is 3. The molecule has 0 aliphatic heterocycles. The molecular weight excluding hydrogens is 368 g/mol. The van der Waals surface area contributed by atoms with Crippen molar-refractivity contribution in [2.75, 3.05) is 6.61 Å². The van der Waals surface area contributed by atoms with Crippen LogP contribution in [0.4, 0.5) is 0 Å². The molecule has 1 N–H and O–H groups in total. The first kappa shape index (κ1) is 18.3. The van der Waals surface area contributed by atoms with Crippen LogP contribution in [0, 0.1) is 11.3 Å². The van der Waals surface area contributed by atoms with Gasteiger partial charge < -0.3 is 10.1 Å². The van der Waals surface area contributed by atoms with Crippen LogP contribution < -0.4 is 10.1 Å². The van der Waals surface area contributed by atoms with Gasteiger partial charge in [-0.2, -0.15) is 5.26 Å². The molecule has 1 amide bonds. The van der Waals surface area contributed by atoms with Crippen molar-refractivity contribution in [1.29, 1.82) is 5.26 Å². The van der Waals surface area contributed by atoms with Crippen LogP contribution in [0.2, 0.25) is 0 Å². The van der Waals surface area contributed by atoms with E-state index in [1.165, 1.54) is 6.42 Å². The van der Waals surface area contributed by atoms with Crippen LogP contribution in [0.5, 0.6) is 5.75 Å². The number of nitrogens with one attached hydrogen (secondary N) is 1. The van der Waals surface area contributed by atoms with Crippen LogP contribution in [-0.4, -0.2) is 18.6 Å². The number of ether oxygens (including phenoxy) is 1. The number of nitriles is 1. The molecule has 0 saturated heterocycles. The Kier molecular flexibility index (Phi) is 7.07. The van der Waals surface area contributed by atoms with Crippen molar-refractivity contribution in [1.82, 2.24) is 5.32 Å². The van der Waals surface area contributed by atoms with Gasteiger partial charge in [-0.05, 0) is 37.1 Å². The third-order valence-corrected chi connectivity index (χ3v) is 4.43. The molecule has 1 fully saturated rings. The third kappa shape index (κ3) is 5.24. The number of amides is 1. The van der Waals surface area contributed by atoms with E-state index >= 15 is 0 Å². The zero-order valence-corrected chi connectivity index (χ0v) is 15.1. The van der Waals surface area contributed by atoms with Gasteiger partial charge in [0.25, 0.3) is 5.91 Å². The quantitative estimate of drug-likeness (QED) is 0.447. The molecule has 0 atom stereocenters. The van der Waals surface area contributed by atoms with Gasteiger partial charge in [0, 0.05) is 16.1 Å². The standard InChI is InChI=1S/C19H21BrN2O2/c1-2-10-24-18-9-8-16(20)12-14(18)11-15(13-21)19(23)22-17-6-4-3-5-7-17/h2,8-9,11-12,17H,1,3-7,10H2,(H,22,23)/b15-11+. The number of nitrogens with zero attached hydrogens (tertiary/aromatic N) is 1. The molecule has 1 aromatic carbocycles. The molecule has 0 bridgehead atoms. The van der Waals surface area contributed by atoms with E-state index in [0.717, 1.165) is 30.2 Å². The summed E-state index contributed by atoms with van der Waals surface area (Å²) in [6.07, 6.45) is 8.65. The molecule has 1 aliphatic rings. The molecule has 5 heteroatoms. The van der Waals surface area contributed by atoms with Crippen LogP contribution in [0.1, 0.15) is 37.7 Å². The van der Waals surface area contributed by atoms with Crippen molar-refractivity contribution < 1.29 is 9.53 Å². The Labute approximate surface area is 151 Å². The van der Waals surface area contributed by atoms with E-state index in [2.05, 4.69) is 27.8 Å². The van der Waals surface area contributed by atoms with Crippen LogP contribution in [0.25, 0.3) is 6.08 Å². The predicted molar refractivity (Wildman–Crippen MR) is 98.4 cm³/mol. The van der Waals surface area contributed by atoms with Crippen molar-refractivity contribution in [3.63, 3.8) is 0 Å². The summed E-state index contributed by atoms with van der Waals surface area (Å²) in [6.45, 7) is 3.99. The van der Waals surface area contributed by atoms with Gasteiger partial charge >= 0.3 is 0 Å². The van der Waals surface area contributed by atoms with Crippen molar-refractivity contribution in [3.8, 4) is 11.8 Å².